The van der Waals surface area contributed by atoms with Gasteiger partial charge in [-0.25, -0.2) is 9.78 Å². The number of hydrogen-bond donors (Lipinski definition) is 0. The van der Waals surface area contributed by atoms with Crippen LogP contribution in [-0.4, -0.2) is 49.1 Å². The zero-order chi connectivity index (χ0) is 15.4. The molecule has 7 heteroatoms. The largest absolute Gasteiger partial charge is 0.461 e. The van der Waals surface area contributed by atoms with E-state index in [1.165, 1.54) is 18.3 Å². The summed E-state index contributed by atoms with van der Waals surface area (Å²) in [5, 5.41) is 0.681. The molecule has 0 amide bonds. The fraction of sp³-hybridized carbons (Fsp3) is 0.643. The van der Waals surface area contributed by atoms with Crippen molar-refractivity contribution in [2.75, 3.05) is 31.2 Å². The summed E-state index contributed by atoms with van der Waals surface area (Å²) >= 11 is 1.25. The van der Waals surface area contributed by atoms with Crippen LogP contribution in [0.2, 0.25) is 0 Å². The minimum Gasteiger partial charge on any atom is -0.461 e. The Morgan fingerprint density at radius 2 is 2.29 bits per heavy atom. The van der Waals surface area contributed by atoms with Gasteiger partial charge < -0.3 is 14.4 Å². The van der Waals surface area contributed by atoms with E-state index in [9.17, 15) is 9.59 Å². The first kappa shape index (κ1) is 15.9. The van der Waals surface area contributed by atoms with Crippen molar-refractivity contribution >= 4 is 28.2 Å². The maximum absolute atomic E-state index is 11.9. The second-order valence-corrected chi connectivity index (χ2v) is 5.91. The maximum Gasteiger partial charge on any atom is 0.358 e. The zero-order valence-electron chi connectivity index (χ0n) is 12.5. The highest BCUT2D eigenvalue weighted by atomic mass is 32.1. The van der Waals surface area contributed by atoms with Crippen LogP contribution < -0.4 is 4.90 Å². The van der Waals surface area contributed by atoms with E-state index in [0.717, 1.165) is 13.0 Å². The molecule has 0 bridgehead atoms. The van der Waals surface area contributed by atoms with Crippen LogP contribution in [0.4, 0.5) is 5.13 Å². The van der Waals surface area contributed by atoms with Crippen LogP contribution >= 0.6 is 11.3 Å². The Kier molecular flexibility index (Phi) is 5.30. The van der Waals surface area contributed by atoms with Gasteiger partial charge in [-0.3, -0.25) is 4.79 Å². The van der Waals surface area contributed by atoms with E-state index in [2.05, 4.69) is 9.88 Å². The average Bonchev–Trinajstić information content (AvgIpc) is 2.77. The SMILES string of the molecule is CCOC(=O)c1nc(N2CCCOC(C)C2)sc1C(C)=O. The lowest BCUT2D eigenvalue weighted by Gasteiger charge is -2.20. The molecule has 0 radical (unpaired) electrons. The third-order valence-corrected chi connectivity index (χ3v) is 4.34. The van der Waals surface area contributed by atoms with Gasteiger partial charge in [-0.1, -0.05) is 11.3 Å². The molecule has 2 rings (SSSR count). The molecule has 1 atom stereocenters. The Balaban J connectivity index is 2.29. The standard InChI is InChI=1S/C14H20N2O4S/c1-4-19-13(18)11-12(10(3)17)21-14(15-11)16-6-5-7-20-9(2)8-16/h9H,4-8H2,1-3H3. The smallest absolute Gasteiger partial charge is 0.358 e. The number of carbonyl (C=O) groups excluding carboxylic acids is 2. The molecule has 1 fully saturated rings. The summed E-state index contributed by atoms with van der Waals surface area (Å²) in [6.07, 6.45) is 0.997. The predicted octanol–water partition coefficient (Wildman–Crippen LogP) is 2.14. The van der Waals surface area contributed by atoms with E-state index < -0.39 is 5.97 Å². The van der Waals surface area contributed by atoms with Crippen LogP contribution in [0, 0.1) is 0 Å². The number of hydrogen-bond acceptors (Lipinski definition) is 7. The number of nitrogens with zero attached hydrogens (tertiary/aromatic N) is 2. The van der Waals surface area contributed by atoms with Crippen molar-refractivity contribution in [3.05, 3.63) is 10.6 Å². The molecule has 21 heavy (non-hydrogen) atoms. The van der Waals surface area contributed by atoms with Gasteiger partial charge in [0.25, 0.3) is 0 Å². The molecule has 0 spiro atoms. The number of aromatic nitrogens is 1. The molecule has 116 valence electrons. The molecule has 0 saturated carbocycles. The molecular formula is C14H20N2O4S. The summed E-state index contributed by atoms with van der Waals surface area (Å²) in [4.78, 5) is 30.4. The minimum absolute atomic E-state index is 0.100. The Labute approximate surface area is 128 Å². The van der Waals surface area contributed by atoms with Gasteiger partial charge in [0.2, 0.25) is 0 Å². The van der Waals surface area contributed by atoms with Crippen molar-refractivity contribution in [3.8, 4) is 0 Å². The zero-order valence-corrected chi connectivity index (χ0v) is 13.4. The van der Waals surface area contributed by atoms with E-state index in [1.807, 2.05) is 6.92 Å². The molecule has 1 saturated heterocycles. The quantitative estimate of drug-likeness (QED) is 0.627. The Morgan fingerprint density at radius 3 is 2.95 bits per heavy atom. The number of thiazole rings is 1. The van der Waals surface area contributed by atoms with Crippen LogP contribution in [0.15, 0.2) is 0 Å². The molecular weight excluding hydrogens is 292 g/mol. The Bertz CT molecular complexity index is 529. The molecule has 2 heterocycles. The molecule has 6 nitrogen and oxygen atoms in total. The van der Waals surface area contributed by atoms with E-state index in [0.29, 0.717) is 23.2 Å². The lowest BCUT2D eigenvalue weighted by Crippen LogP contribution is -2.30. The molecule has 0 aromatic carbocycles. The first-order valence-corrected chi connectivity index (χ1v) is 7.90. The van der Waals surface area contributed by atoms with E-state index in [4.69, 9.17) is 9.47 Å². The van der Waals surface area contributed by atoms with Gasteiger partial charge in [0, 0.05) is 26.6 Å². The van der Waals surface area contributed by atoms with Gasteiger partial charge >= 0.3 is 5.97 Å². The first-order chi connectivity index (χ1) is 10.0. The van der Waals surface area contributed by atoms with Crippen molar-refractivity contribution in [2.45, 2.75) is 33.3 Å². The minimum atomic E-state index is -0.538. The third-order valence-electron chi connectivity index (χ3n) is 3.13. The van der Waals surface area contributed by atoms with Crippen LogP contribution in [0.1, 0.15) is 47.4 Å². The number of rotatable bonds is 4. The van der Waals surface area contributed by atoms with Gasteiger partial charge in [0.1, 0.15) is 4.88 Å². The number of carbonyl (C=O) groups is 2. The normalized spacial score (nSPS) is 19.2. The number of Topliss-reactive ketones (excluding diaryl/α,β-unsaturated/α-hetero) is 1. The highest BCUT2D eigenvalue weighted by Gasteiger charge is 2.26. The molecule has 1 unspecified atom stereocenters. The van der Waals surface area contributed by atoms with Gasteiger partial charge in [-0.2, -0.15) is 0 Å². The van der Waals surface area contributed by atoms with Crippen molar-refractivity contribution in [3.63, 3.8) is 0 Å². The average molecular weight is 312 g/mol. The topological polar surface area (TPSA) is 68.7 Å². The van der Waals surface area contributed by atoms with E-state index >= 15 is 0 Å². The van der Waals surface area contributed by atoms with Crippen molar-refractivity contribution in [2.24, 2.45) is 0 Å². The molecule has 1 aliphatic rings. The molecule has 0 aliphatic carbocycles. The molecule has 1 aliphatic heterocycles. The second kappa shape index (κ2) is 7.00. The highest BCUT2D eigenvalue weighted by molar-refractivity contribution is 7.17. The van der Waals surface area contributed by atoms with Gasteiger partial charge in [-0.05, 0) is 20.3 Å². The van der Waals surface area contributed by atoms with Crippen LogP contribution in [0.3, 0.4) is 0 Å². The molecule has 0 N–H and O–H groups in total. The maximum atomic E-state index is 11.9. The van der Waals surface area contributed by atoms with E-state index in [1.54, 1.807) is 6.92 Å². The predicted molar refractivity (Wildman–Crippen MR) is 80.3 cm³/mol. The van der Waals surface area contributed by atoms with Crippen molar-refractivity contribution in [1.29, 1.82) is 0 Å². The van der Waals surface area contributed by atoms with Gasteiger partial charge in [0.15, 0.2) is 16.6 Å². The Morgan fingerprint density at radius 1 is 1.52 bits per heavy atom. The van der Waals surface area contributed by atoms with Crippen LogP contribution in [-0.2, 0) is 9.47 Å². The van der Waals surface area contributed by atoms with Crippen LogP contribution in [0.5, 0.6) is 0 Å². The van der Waals surface area contributed by atoms with Gasteiger partial charge in [-0.15, -0.1) is 0 Å². The lowest BCUT2D eigenvalue weighted by atomic mass is 10.3. The summed E-state index contributed by atoms with van der Waals surface area (Å²) in [5.74, 6) is -0.703. The van der Waals surface area contributed by atoms with Crippen molar-refractivity contribution in [1.82, 2.24) is 4.98 Å². The number of esters is 1. The molecule has 1 aromatic rings. The molecule has 1 aromatic heterocycles. The fourth-order valence-electron chi connectivity index (χ4n) is 2.19. The van der Waals surface area contributed by atoms with Gasteiger partial charge in [0.05, 0.1) is 12.7 Å². The van der Waals surface area contributed by atoms with E-state index in [-0.39, 0.29) is 24.2 Å². The fourth-order valence-corrected chi connectivity index (χ4v) is 3.17. The summed E-state index contributed by atoms with van der Waals surface area (Å²) in [5.41, 5.74) is 0.127. The first-order valence-electron chi connectivity index (χ1n) is 7.08. The number of ether oxygens (including phenoxy) is 2. The highest BCUT2D eigenvalue weighted by Crippen LogP contribution is 2.28. The summed E-state index contributed by atoms with van der Waals surface area (Å²) < 4.78 is 10.6. The van der Waals surface area contributed by atoms with Crippen molar-refractivity contribution < 1.29 is 19.1 Å². The second-order valence-electron chi connectivity index (χ2n) is 4.93. The Hall–Kier alpha value is -1.47. The monoisotopic (exact) mass is 312 g/mol. The summed E-state index contributed by atoms with van der Waals surface area (Å²) in [7, 11) is 0. The van der Waals surface area contributed by atoms with Crippen LogP contribution in [0.25, 0.3) is 0 Å². The number of ketones is 1. The lowest BCUT2D eigenvalue weighted by molar-refractivity contribution is 0.0517. The number of anilines is 1. The summed E-state index contributed by atoms with van der Waals surface area (Å²) in [6, 6.07) is 0. The third kappa shape index (κ3) is 3.79. The summed E-state index contributed by atoms with van der Waals surface area (Å²) in [6.45, 7) is 7.65.